The van der Waals surface area contributed by atoms with Crippen molar-refractivity contribution in [2.75, 3.05) is 30.9 Å². The van der Waals surface area contributed by atoms with Crippen LogP contribution in [0.15, 0.2) is 36.5 Å². The van der Waals surface area contributed by atoms with Gasteiger partial charge in [0, 0.05) is 25.5 Å². The Labute approximate surface area is 119 Å². The molecule has 1 heterocycles. The van der Waals surface area contributed by atoms with Gasteiger partial charge in [0.2, 0.25) is 5.95 Å². The number of rotatable bonds is 7. The van der Waals surface area contributed by atoms with Gasteiger partial charge in [-0.2, -0.15) is 4.98 Å². The van der Waals surface area contributed by atoms with Gasteiger partial charge in [-0.05, 0) is 31.0 Å². The zero-order valence-electron chi connectivity index (χ0n) is 11.9. The molecule has 5 nitrogen and oxygen atoms in total. The van der Waals surface area contributed by atoms with Crippen molar-refractivity contribution >= 4 is 17.5 Å². The van der Waals surface area contributed by atoms with Gasteiger partial charge in [0.25, 0.3) is 0 Å². The van der Waals surface area contributed by atoms with Gasteiger partial charge >= 0.3 is 0 Å². The molecule has 0 bridgehead atoms. The van der Waals surface area contributed by atoms with E-state index in [9.17, 15) is 0 Å². The number of nitrogens with zero attached hydrogens (tertiary/aromatic N) is 2. The third kappa shape index (κ3) is 3.93. The van der Waals surface area contributed by atoms with E-state index in [1.54, 1.807) is 13.3 Å². The molecule has 2 rings (SSSR count). The van der Waals surface area contributed by atoms with Crippen molar-refractivity contribution in [1.29, 1.82) is 0 Å². The average Bonchev–Trinajstić information content (AvgIpc) is 2.47. The Balaban J connectivity index is 2.14. The molecule has 0 unspecified atom stereocenters. The largest absolute Gasteiger partial charge is 0.384 e. The molecule has 2 aromatic rings. The van der Waals surface area contributed by atoms with Gasteiger partial charge in [-0.1, -0.05) is 18.2 Å². The first kappa shape index (κ1) is 14.3. The Kier molecular flexibility index (Phi) is 5.32. The lowest BCUT2D eigenvalue weighted by molar-refractivity contribution is 0.202. The molecule has 0 saturated carbocycles. The number of para-hydroxylation sites is 1. The minimum atomic E-state index is 0.631. The van der Waals surface area contributed by atoms with Gasteiger partial charge in [-0.25, -0.2) is 4.98 Å². The highest BCUT2D eigenvalue weighted by Gasteiger charge is 2.04. The molecule has 2 N–H and O–H groups in total. The van der Waals surface area contributed by atoms with E-state index in [4.69, 9.17) is 4.74 Å². The van der Waals surface area contributed by atoms with Crippen LogP contribution in [-0.4, -0.2) is 30.2 Å². The second-order valence-electron chi connectivity index (χ2n) is 4.32. The molecule has 0 saturated heterocycles. The summed E-state index contributed by atoms with van der Waals surface area (Å²) in [5.41, 5.74) is 2.25. The molecular weight excluding hydrogens is 252 g/mol. The van der Waals surface area contributed by atoms with E-state index in [1.165, 1.54) is 5.56 Å². The highest BCUT2D eigenvalue weighted by molar-refractivity contribution is 5.61. The predicted octanol–water partition coefficient (Wildman–Crippen LogP) is 2.84. The highest BCUT2D eigenvalue weighted by Crippen LogP contribution is 2.20. The molecule has 0 amide bonds. The first-order valence-corrected chi connectivity index (χ1v) is 6.74. The summed E-state index contributed by atoms with van der Waals surface area (Å²) in [6, 6.07) is 10.0. The normalized spacial score (nSPS) is 10.3. The van der Waals surface area contributed by atoms with E-state index < -0.39 is 0 Å². The van der Waals surface area contributed by atoms with E-state index >= 15 is 0 Å². The van der Waals surface area contributed by atoms with Crippen LogP contribution in [0.3, 0.4) is 0 Å². The topological polar surface area (TPSA) is 59.1 Å². The summed E-state index contributed by atoms with van der Waals surface area (Å²) in [7, 11) is 1.71. The van der Waals surface area contributed by atoms with Crippen LogP contribution in [0, 0.1) is 0 Å². The quantitative estimate of drug-likeness (QED) is 0.811. The fourth-order valence-corrected chi connectivity index (χ4v) is 1.88. The summed E-state index contributed by atoms with van der Waals surface area (Å²) in [6.45, 7) is 3.52. The van der Waals surface area contributed by atoms with Crippen LogP contribution >= 0.6 is 0 Å². The van der Waals surface area contributed by atoms with Crippen LogP contribution in [0.2, 0.25) is 0 Å². The monoisotopic (exact) mass is 272 g/mol. The van der Waals surface area contributed by atoms with Gasteiger partial charge in [0.1, 0.15) is 5.82 Å². The fourth-order valence-electron chi connectivity index (χ4n) is 1.88. The minimum Gasteiger partial charge on any atom is -0.384 e. The SMILES string of the molecule is CCNc1nccc(Nc2ccccc2CCOC)n1. The molecule has 106 valence electrons. The molecule has 0 atom stereocenters. The number of hydrogen-bond acceptors (Lipinski definition) is 5. The van der Waals surface area contributed by atoms with Crippen molar-refractivity contribution in [3.05, 3.63) is 42.1 Å². The number of anilines is 3. The molecule has 0 fully saturated rings. The lowest BCUT2D eigenvalue weighted by atomic mass is 10.1. The lowest BCUT2D eigenvalue weighted by Gasteiger charge is -2.11. The Bertz CT molecular complexity index is 545. The van der Waals surface area contributed by atoms with Gasteiger partial charge in [0.15, 0.2) is 0 Å². The predicted molar refractivity (Wildman–Crippen MR) is 81.5 cm³/mol. The van der Waals surface area contributed by atoms with Crippen molar-refractivity contribution in [3.8, 4) is 0 Å². The number of benzene rings is 1. The van der Waals surface area contributed by atoms with Crippen molar-refractivity contribution < 1.29 is 4.74 Å². The maximum atomic E-state index is 5.14. The Morgan fingerprint density at radius 3 is 2.85 bits per heavy atom. The smallest absolute Gasteiger partial charge is 0.224 e. The van der Waals surface area contributed by atoms with Crippen molar-refractivity contribution in [2.45, 2.75) is 13.3 Å². The molecule has 0 spiro atoms. The van der Waals surface area contributed by atoms with Crippen LogP contribution in [0.25, 0.3) is 0 Å². The number of ether oxygens (including phenoxy) is 1. The van der Waals surface area contributed by atoms with Gasteiger partial charge in [0.05, 0.1) is 6.61 Å². The first-order valence-electron chi connectivity index (χ1n) is 6.74. The van der Waals surface area contributed by atoms with Gasteiger partial charge in [-0.15, -0.1) is 0 Å². The van der Waals surface area contributed by atoms with Crippen LogP contribution in [0.1, 0.15) is 12.5 Å². The van der Waals surface area contributed by atoms with Crippen molar-refractivity contribution in [2.24, 2.45) is 0 Å². The van der Waals surface area contributed by atoms with Crippen LogP contribution in [0.4, 0.5) is 17.5 Å². The number of hydrogen-bond donors (Lipinski definition) is 2. The summed E-state index contributed by atoms with van der Waals surface area (Å²) in [6.07, 6.45) is 2.61. The second-order valence-corrected chi connectivity index (χ2v) is 4.32. The van der Waals surface area contributed by atoms with E-state index in [2.05, 4.69) is 26.7 Å². The Morgan fingerprint density at radius 2 is 2.05 bits per heavy atom. The summed E-state index contributed by atoms with van der Waals surface area (Å²) < 4.78 is 5.14. The van der Waals surface area contributed by atoms with Crippen molar-refractivity contribution in [3.63, 3.8) is 0 Å². The number of methoxy groups -OCH3 is 1. The maximum Gasteiger partial charge on any atom is 0.224 e. The molecule has 0 aliphatic carbocycles. The molecular formula is C15H20N4O. The number of nitrogens with one attached hydrogen (secondary N) is 2. The second kappa shape index (κ2) is 7.45. The zero-order valence-corrected chi connectivity index (χ0v) is 11.9. The molecule has 1 aromatic heterocycles. The van der Waals surface area contributed by atoms with E-state index in [-0.39, 0.29) is 0 Å². The standard InChI is InChI=1S/C15H20N4O/c1-3-16-15-17-10-8-14(19-15)18-13-7-5-4-6-12(13)9-11-20-2/h4-8,10H,3,9,11H2,1-2H3,(H2,16,17,18,19). The summed E-state index contributed by atoms with van der Waals surface area (Å²) >= 11 is 0. The summed E-state index contributed by atoms with van der Waals surface area (Å²) in [5.74, 6) is 1.41. The summed E-state index contributed by atoms with van der Waals surface area (Å²) in [4.78, 5) is 8.58. The third-order valence-electron chi connectivity index (χ3n) is 2.85. The minimum absolute atomic E-state index is 0.631. The van der Waals surface area contributed by atoms with E-state index in [0.29, 0.717) is 12.6 Å². The van der Waals surface area contributed by atoms with Crippen LogP contribution in [-0.2, 0) is 11.2 Å². The lowest BCUT2D eigenvalue weighted by Crippen LogP contribution is -2.05. The fraction of sp³-hybridized carbons (Fsp3) is 0.333. The molecule has 20 heavy (non-hydrogen) atoms. The number of aromatic nitrogens is 2. The van der Waals surface area contributed by atoms with E-state index in [0.717, 1.165) is 24.5 Å². The Hall–Kier alpha value is -2.14. The average molecular weight is 272 g/mol. The molecule has 0 aliphatic rings. The van der Waals surface area contributed by atoms with Gasteiger partial charge < -0.3 is 15.4 Å². The molecule has 1 aromatic carbocycles. The molecule has 0 aliphatic heterocycles. The van der Waals surface area contributed by atoms with Crippen molar-refractivity contribution in [1.82, 2.24) is 9.97 Å². The maximum absolute atomic E-state index is 5.14. The zero-order chi connectivity index (χ0) is 14.2. The van der Waals surface area contributed by atoms with Gasteiger partial charge in [-0.3, -0.25) is 0 Å². The molecule has 5 heteroatoms. The Morgan fingerprint density at radius 1 is 1.20 bits per heavy atom. The summed E-state index contributed by atoms with van der Waals surface area (Å²) in [5, 5.41) is 6.43. The van der Waals surface area contributed by atoms with Crippen LogP contribution < -0.4 is 10.6 Å². The molecule has 0 radical (unpaired) electrons. The first-order chi connectivity index (χ1) is 9.83. The van der Waals surface area contributed by atoms with Crippen LogP contribution in [0.5, 0.6) is 0 Å². The third-order valence-corrected chi connectivity index (χ3v) is 2.85. The highest BCUT2D eigenvalue weighted by atomic mass is 16.5. The van der Waals surface area contributed by atoms with E-state index in [1.807, 2.05) is 31.2 Å².